The molecule has 3 aliphatic heterocycles. The SMILES string of the molecule is C[C@@H]1CN(C(=O)N2Cc3cn[nH]c3C2(C)C)[C@@H](C)CN1CC1CCOC1. The van der Waals surface area contributed by atoms with Gasteiger partial charge in [0.05, 0.1) is 30.6 Å². The van der Waals surface area contributed by atoms with Crippen molar-refractivity contribution in [2.75, 3.05) is 32.8 Å². The molecule has 1 aromatic heterocycles. The summed E-state index contributed by atoms with van der Waals surface area (Å²) in [6, 6.07) is 0.734. The summed E-state index contributed by atoms with van der Waals surface area (Å²) in [7, 11) is 0. The minimum Gasteiger partial charge on any atom is -0.381 e. The summed E-state index contributed by atoms with van der Waals surface area (Å²) in [4.78, 5) is 20.0. The molecule has 2 saturated heterocycles. The van der Waals surface area contributed by atoms with Crippen LogP contribution in [0.15, 0.2) is 6.20 Å². The highest BCUT2D eigenvalue weighted by atomic mass is 16.5. The molecule has 4 heterocycles. The Bertz CT molecular complexity index is 667. The maximum atomic E-state index is 13.4. The molecule has 144 valence electrons. The number of ether oxygens (including phenoxy) is 1. The van der Waals surface area contributed by atoms with Crippen molar-refractivity contribution < 1.29 is 9.53 Å². The lowest BCUT2D eigenvalue weighted by atomic mass is 10.0. The van der Waals surface area contributed by atoms with Crippen LogP contribution < -0.4 is 0 Å². The molecule has 7 nitrogen and oxygen atoms in total. The monoisotopic (exact) mass is 361 g/mol. The molecule has 4 rings (SSSR count). The van der Waals surface area contributed by atoms with Crippen LogP contribution >= 0.6 is 0 Å². The summed E-state index contributed by atoms with van der Waals surface area (Å²) >= 11 is 0. The van der Waals surface area contributed by atoms with Crippen LogP contribution in [-0.2, 0) is 16.8 Å². The predicted octanol–water partition coefficient (Wildman–Crippen LogP) is 2.01. The topological polar surface area (TPSA) is 64.7 Å². The molecular formula is C19H31N5O2. The second kappa shape index (κ2) is 6.53. The quantitative estimate of drug-likeness (QED) is 0.875. The smallest absolute Gasteiger partial charge is 0.321 e. The molecule has 2 fully saturated rings. The Hall–Kier alpha value is -1.60. The van der Waals surface area contributed by atoms with Crippen LogP contribution in [-0.4, -0.2) is 75.9 Å². The van der Waals surface area contributed by atoms with Gasteiger partial charge in [-0.25, -0.2) is 4.79 Å². The molecule has 1 N–H and O–H groups in total. The Morgan fingerprint density at radius 1 is 1.35 bits per heavy atom. The Kier molecular flexibility index (Phi) is 4.47. The first kappa shape index (κ1) is 17.8. The second-order valence-corrected chi connectivity index (χ2v) is 8.73. The molecule has 1 aromatic rings. The summed E-state index contributed by atoms with van der Waals surface area (Å²) < 4.78 is 5.53. The van der Waals surface area contributed by atoms with Gasteiger partial charge < -0.3 is 14.5 Å². The van der Waals surface area contributed by atoms with Gasteiger partial charge in [0.2, 0.25) is 0 Å². The van der Waals surface area contributed by atoms with E-state index in [9.17, 15) is 4.79 Å². The number of amides is 2. The first-order valence-corrected chi connectivity index (χ1v) is 9.80. The van der Waals surface area contributed by atoms with Gasteiger partial charge in [0.1, 0.15) is 0 Å². The van der Waals surface area contributed by atoms with E-state index in [1.54, 1.807) is 0 Å². The number of H-pyrrole nitrogens is 1. The van der Waals surface area contributed by atoms with Gasteiger partial charge in [-0.1, -0.05) is 0 Å². The lowest BCUT2D eigenvalue weighted by Crippen LogP contribution is -2.62. The minimum atomic E-state index is -0.343. The third kappa shape index (κ3) is 2.91. The second-order valence-electron chi connectivity index (χ2n) is 8.73. The van der Waals surface area contributed by atoms with Crippen molar-refractivity contribution in [2.24, 2.45) is 5.92 Å². The van der Waals surface area contributed by atoms with Crippen LogP contribution in [0.1, 0.15) is 45.4 Å². The highest BCUT2D eigenvalue weighted by molar-refractivity contribution is 5.77. The van der Waals surface area contributed by atoms with E-state index < -0.39 is 0 Å². The van der Waals surface area contributed by atoms with Crippen LogP contribution in [0.4, 0.5) is 4.79 Å². The maximum Gasteiger partial charge on any atom is 0.321 e. The molecule has 0 radical (unpaired) electrons. The molecule has 26 heavy (non-hydrogen) atoms. The third-order valence-corrected chi connectivity index (χ3v) is 6.44. The van der Waals surface area contributed by atoms with Crippen molar-refractivity contribution in [3.8, 4) is 0 Å². The Morgan fingerprint density at radius 3 is 2.85 bits per heavy atom. The van der Waals surface area contributed by atoms with E-state index in [4.69, 9.17) is 4.74 Å². The number of hydrogen-bond donors (Lipinski definition) is 1. The Labute approximate surface area is 155 Å². The molecule has 2 amide bonds. The summed E-state index contributed by atoms with van der Waals surface area (Å²) in [6.45, 7) is 13.8. The van der Waals surface area contributed by atoms with Crippen molar-refractivity contribution >= 4 is 6.03 Å². The molecule has 0 aromatic carbocycles. The first-order valence-electron chi connectivity index (χ1n) is 9.80. The van der Waals surface area contributed by atoms with Crippen LogP contribution in [0.25, 0.3) is 0 Å². The number of carbonyl (C=O) groups is 1. The fourth-order valence-corrected chi connectivity index (χ4v) is 4.70. The van der Waals surface area contributed by atoms with Gasteiger partial charge in [0.15, 0.2) is 0 Å². The first-order chi connectivity index (χ1) is 12.4. The Morgan fingerprint density at radius 2 is 2.15 bits per heavy atom. The van der Waals surface area contributed by atoms with Gasteiger partial charge in [-0.2, -0.15) is 5.10 Å². The number of aromatic nitrogens is 2. The number of carbonyl (C=O) groups excluding carboxylic acids is 1. The average molecular weight is 361 g/mol. The number of nitrogens with zero attached hydrogens (tertiary/aromatic N) is 4. The zero-order valence-electron chi connectivity index (χ0n) is 16.4. The molecular weight excluding hydrogens is 330 g/mol. The van der Waals surface area contributed by atoms with E-state index in [1.165, 1.54) is 0 Å². The largest absolute Gasteiger partial charge is 0.381 e. The fourth-order valence-electron chi connectivity index (χ4n) is 4.70. The number of rotatable bonds is 2. The lowest BCUT2D eigenvalue weighted by Gasteiger charge is -2.47. The van der Waals surface area contributed by atoms with Gasteiger partial charge in [-0.05, 0) is 40.0 Å². The van der Waals surface area contributed by atoms with Gasteiger partial charge in [0.25, 0.3) is 0 Å². The predicted molar refractivity (Wildman–Crippen MR) is 98.7 cm³/mol. The van der Waals surface area contributed by atoms with E-state index in [0.29, 0.717) is 18.5 Å². The molecule has 7 heteroatoms. The molecule has 0 saturated carbocycles. The summed E-state index contributed by atoms with van der Waals surface area (Å²) in [6.07, 6.45) is 3.01. The number of hydrogen-bond acceptors (Lipinski definition) is 4. The molecule has 0 bridgehead atoms. The standard InChI is InChI=1S/C19H31N5O2/c1-13-9-23(14(2)8-22(13)10-15-5-6-26-12-15)18(25)24-11-16-7-20-21-17(16)19(24,3)4/h7,13-15H,5-6,8-12H2,1-4H3,(H,20,21)/t13-,14+,15?/m1/s1. The number of nitrogens with one attached hydrogen (secondary N) is 1. The molecule has 1 unspecified atom stereocenters. The lowest BCUT2D eigenvalue weighted by molar-refractivity contribution is 0.0273. The maximum absolute atomic E-state index is 13.4. The fraction of sp³-hybridized carbons (Fsp3) is 0.789. The van der Waals surface area contributed by atoms with Gasteiger partial charge in [-0.3, -0.25) is 10.00 Å². The summed E-state index contributed by atoms with van der Waals surface area (Å²) in [5.41, 5.74) is 1.85. The molecule has 3 aliphatic rings. The number of urea groups is 1. The van der Waals surface area contributed by atoms with Crippen molar-refractivity contribution in [3.05, 3.63) is 17.5 Å². The van der Waals surface area contributed by atoms with Gasteiger partial charge in [0, 0.05) is 43.9 Å². The van der Waals surface area contributed by atoms with E-state index in [2.05, 4.69) is 47.7 Å². The normalized spacial score (nSPS) is 31.5. The van der Waals surface area contributed by atoms with E-state index in [-0.39, 0.29) is 17.6 Å². The highest BCUT2D eigenvalue weighted by Crippen LogP contribution is 2.38. The van der Waals surface area contributed by atoms with E-state index in [1.807, 2.05) is 11.1 Å². The van der Waals surface area contributed by atoms with Crippen LogP contribution in [0.2, 0.25) is 0 Å². The van der Waals surface area contributed by atoms with Crippen LogP contribution in [0.3, 0.4) is 0 Å². The zero-order chi connectivity index (χ0) is 18.5. The van der Waals surface area contributed by atoms with E-state index >= 15 is 0 Å². The molecule has 0 spiro atoms. The zero-order valence-corrected chi connectivity index (χ0v) is 16.4. The highest BCUT2D eigenvalue weighted by Gasteiger charge is 2.45. The van der Waals surface area contributed by atoms with Crippen LogP contribution in [0.5, 0.6) is 0 Å². The number of piperazine rings is 1. The van der Waals surface area contributed by atoms with Gasteiger partial charge in [-0.15, -0.1) is 0 Å². The number of aromatic amines is 1. The molecule has 3 atom stereocenters. The van der Waals surface area contributed by atoms with Gasteiger partial charge >= 0.3 is 6.03 Å². The average Bonchev–Trinajstić information content (AvgIpc) is 3.30. The minimum absolute atomic E-state index is 0.141. The summed E-state index contributed by atoms with van der Waals surface area (Å²) in [5.74, 6) is 0.641. The number of fused-ring (bicyclic) bond motifs is 1. The third-order valence-electron chi connectivity index (χ3n) is 6.44. The molecule has 0 aliphatic carbocycles. The van der Waals surface area contributed by atoms with Crippen molar-refractivity contribution in [2.45, 2.75) is 58.3 Å². The Balaban J connectivity index is 1.43. The van der Waals surface area contributed by atoms with Crippen molar-refractivity contribution in [1.82, 2.24) is 24.9 Å². The van der Waals surface area contributed by atoms with Crippen LogP contribution in [0, 0.1) is 5.92 Å². The van der Waals surface area contributed by atoms with Crippen molar-refractivity contribution in [1.29, 1.82) is 0 Å². The van der Waals surface area contributed by atoms with E-state index in [0.717, 1.165) is 50.5 Å². The summed E-state index contributed by atoms with van der Waals surface area (Å²) in [5, 5.41) is 7.22. The van der Waals surface area contributed by atoms with Crippen molar-refractivity contribution in [3.63, 3.8) is 0 Å².